The van der Waals surface area contributed by atoms with Gasteiger partial charge in [0.05, 0.1) is 31.8 Å². The van der Waals surface area contributed by atoms with Gasteiger partial charge in [0.1, 0.15) is 29.5 Å². The molecule has 6 nitrogen and oxygen atoms in total. The molecule has 0 radical (unpaired) electrons. The van der Waals surface area contributed by atoms with Crippen LogP contribution in [0.5, 0.6) is 17.2 Å². The molecule has 1 unspecified atom stereocenters. The van der Waals surface area contributed by atoms with E-state index < -0.39 is 23.8 Å². The fourth-order valence-corrected chi connectivity index (χ4v) is 5.92. The molecule has 2 atom stereocenters. The van der Waals surface area contributed by atoms with Crippen molar-refractivity contribution in [3.05, 3.63) is 76.9 Å². The number of rotatable bonds is 7. The van der Waals surface area contributed by atoms with Crippen LogP contribution in [0.25, 0.3) is 11.1 Å². The summed E-state index contributed by atoms with van der Waals surface area (Å²) >= 11 is 0. The molecule has 6 rings (SSSR count). The number of hydrogen-bond donors (Lipinski definition) is 1. The number of carbonyl (C=O) groups is 1. The van der Waals surface area contributed by atoms with E-state index in [0.717, 1.165) is 30.0 Å². The summed E-state index contributed by atoms with van der Waals surface area (Å²) < 4.78 is 65.8. The molecule has 1 fully saturated rings. The van der Waals surface area contributed by atoms with Crippen molar-refractivity contribution in [2.75, 3.05) is 19.8 Å². The fourth-order valence-electron chi connectivity index (χ4n) is 5.92. The third kappa shape index (κ3) is 5.35. The van der Waals surface area contributed by atoms with Crippen LogP contribution in [0.2, 0.25) is 0 Å². The molecule has 2 heterocycles. The molecule has 3 aromatic rings. The van der Waals surface area contributed by atoms with Crippen molar-refractivity contribution in [3.8, 4) is 28.4 Å². The minimum atomic E-state index is -4.51. The monoisotopic (exact) mass is 554 g/mol. The van der Waals surface area contributed by atoms with Crippen molar-refractivity contribution < 1.29 is 42.0 Å². The Labute approximate surface area is 229 Å². The van der Waals surface area contributed by atoms with E-state index >= 15 is 0 Å². The Kier molecular flexibility index (Phi) is 7.08. The second-order valence-corrected chi connectivity index (χ2v) is 10.5. The molecule has 40 heavy (non-hydrogen) atoms. The summed E-state index contributed by atoms with van der Waals surface area (Å²) in [5, 5.41) is 9.13. The zero-order valence-corrected chi connectivity index (χ0v) is 21.7. The molecule has 0 saturated carbocycles. The minimum Gasteiger partial charge on any atom is -0.492 e. The molecule has 2 aliphatic heterocycles. The van der Waals surface area contributed by atoms with Crippen molar-refractivity contribution in [1.29, 1.82) is 0 Å². The van der Waals surface area contributed by atoms with Crippen LogP contribution < -0.4 is 14.2 Å². The summed E-state index contributed by atoms with van der Waals surface area (Å²) in [5.74, 6) is 0.634. The van der Waals surface area contributed by atoms with Crippen LogP contribution in [0.4, 0.5) is 13.2 Å². The average Bonchev–Trinajstić information content (AvgIpc) is 3.52. The molecule has 9 heteroatoms. The van der Waals surface area contributed by atoms with Gasteiger partial charge in [0.2, 0.25) is 0 Å². The van der Waals surface area contributed by atoms with Gasteiger partial charge in [-0.1, -0.05) is 24.3 Å². The Morgan fingerprint density at radius 1 is 0.925 bits per heavy atom. The molecule has 3 aromatic carbocycles. The second-order valence-electron chi connectivity index (χ2n) is 10.5. The highest BCUT2D eigenvalue weighted by Crippen LogP contribution is 2.47. The fraction of sp³-hybridized carbons (Fsp3) is 0.387. The zero-order valence-electron chi connectivity index (χ0n) is 21.7. The number of benzene rings is 3. The van der Waals surface area contributed by atoms with Crippen LogP contribution in [0.3, 0.4) is 0 Å². The van der Waals surface area contributed by atoms with Crippen LogP contribution in [-0.2, 0) is 22.1 Å². The lowest BCUT2D eigenvalue weighted by atomic mass is 9.91. The summed E-state index contributed by atoms with van der Waals surface area (Å²) in [6.07, 6.45) is -2.35. The van der Waals surface area contributed by atoms with Gasteiger partial charge in [0.15, 0.2) is 0 Å². The minimum absolute atomic E-state index is 0.0177. The predicted octanol–water partition coefficient (Wildman–Crippen LogP) is 6.95. The molecule has 0 amide bonds. The highest BCUT2D eigenvalue weighted by atomic mass is 19.4. The van der Waals surface area contributed by atoms with Gasteiger partial charge in [-0.2, -0.15) is 13.2 Å². The molecular weight excluding hydrogens is 525 g/mol. The van der Waals surface area contributed by atoms with Crippen molar-refractivity contribution in [1.82, 2.24) is 0 Å². The second kappa shape index (κ2) is 10.7. The summed E-state index contributed by atoms with van der Waals surface area (Å²) in [7, 11) is 0. The lowest BCUT2D eigenvalue weighted by Gasteiger charge is -2.23. The first kappa shape index (κ1) is 26.5. The van der Waals surface area contributed by atoms with Crippen molar-refractivity contribution in [3.63, 3.8) is 0 Å². The highest BCUT2D eigenvalue weighted by Gasteiger charge is 2.38. The first-order valence-corrected chi connectivity index (χ1v) is 13.5. The highest BCUT2D eigenvalue weighted by molar-refractivity contribution is 5.75. The quantitative estimate of drug-likeness (QED) is 0.341. The van der Waals surface area contributed by atoms with Crippen LogP contribution in [0.15, 0.2) is 54.6 Å². The van der Waals surface area contributed by atoms with E-state index in [0.29, 0.717) is 61.0 Å². The molecule has 0 spiro atoms. The number of halogens is 3. The van der Waals surface area contributed by atoms with Crippen LogP contribution in [0.1, 0.15) is 60.0 Å². The summed E-state index contributed by atoms with van der Waals surface area (Å²) in [6.45, 7) is 1.57. The van der Waals surface area contributed by atoms with Gasteiger partial charge in [-0.15, -0.1) is 0 Å². The Bertz CT molecular complexity index is 1400. The molecule has 0 bridgehead atoms. The predicted molar refractivity (Wildman–Crippen MR) is 140 cm³/mol. The molecular formula is C31H29F3O6. The molecule has 0 aromatic heterocycles. The number of ether oxygens (including phenoxy) is 4. The topological polar surface area (TPSA) is 74.2 Å². The van der Waals surface area contributed by atoms with E-state index in [1.54, 1.807) is 36.4 Å². The SMILES string of the molecule is O=C(O)CC1COc2cc(O[C@@H]3CCc4c3ccc(C(F)(F)F)c4-c3ccc(OC4CCOCC4)cc3)ccc21. The Hall–Kier alpha value is -3.72. The van der Waals surface area contributed by atoms with E-state index in [9.17, 15) is 18.0 Å². The smallest absolute Gasteiger partial charge is 0.417 e. The first-order valence-electron chi connectivity index (χ1n) is 13.5. The van der Waals surface area contributed by atoms with Gasteiger partial charge in [0.25, 0.3) is 0 Å². The normalized spacial score (nSPS) is 20.5. The number of alkyl halides is 3. The van der Waals surface area contributed by atoms with E-state index in [4.69, 9.17) is 24.1 Å². The van der Waals surface area contributed by atoms with Gasteiger partial charge >= 0.3 is 12.1 Å². The standard InChI is InChI=1S/C31H29F3O6/c32-31(33,34)26-9-7-24-25(30(26)18-1-3-20(4-2-18)39-21-11-13-37-14-12-21)8-10-27(24)40-22-5-6-23-19(15-29(35)36)17-38-28(23)16-22/h1-7,9,16,19,21,27H,8,10-15,17H2,(H,35,36)/t19?,27-/m1/s1. The van der Waals surface area contributed by atoms with E-state index in [1.807, 2.05) is 6.07 Å². The van der Waals surface area contributed by atoms with Crippen LogP contribution in [-0.4, -0.2) is 37.0 Å². The number of carboxylic acids is 1. The van der Waals surface area contributed by atoms with E-state index in [2.05, 4.69) is 0 Å². The summed E-state index contributed by atoms with van der Waals surface area (Å²) in [4.78, 5) is 11.1. The van der Waals surface area contributed by atoms with Gasteiger partial charge in [-0.05, 0) is 59.4 Å². The van der Waals surface area contributed by atoms with E-state index in [-0.39, 0.29) is 24.0 Å². The third-order valence-corrected chi connectivity index (χ3v) is 7.84. The largest absolute Gasteiger partial charge is 0.492 e. The summed E-state index contributed by atoms with van der Waals surface area (Å²) in [6, 6.07) is 14.8. The van der Waals surface area contributed by atoms with Crippen molar-refractivity contribution in [2.45, 2.75) is 56.4 Å². The van der Waals surface area contributed by atoms with Crippen LogP contribution >= 0.6 is 0 Å². The number of aliphatic carboxylic acids is 1. The van der Waals surface area contributed by atoms with Crippen molar-refractivity contribution in [2.24, 2.45) is 0 Å². The molecule has 1 saturated heterocycles. The first-order chi connectivity index (χ1) is 19.3. The maximum Gasteiger partial charge on any atom is 0.417 e. The maximum atomic E-state index is 14.2. The average molecular weight is 555 g/mol. The van der Waals surface area contributed by atoms with Gasteiger partial charge < -0.3 is 24.1 Å². The van der Waals surface area contributed by atoms with Gasteiger partial charge in [0, 0.05) is 30.4 Å². The Morgan fingerprint density at radius 2 is 1.65 bits per heavy atom. The van der Waals surface area contributed by atoms with E-state index in [1.165, 1.54) is 6.07 Å². The number of carboxylic acid groups (broad SMARTS) is 1. The lowest BCUT2D eigenvalue weighted by Crippen LogP contribution is -2.25. The Balaban J connectivity index is 1.26. The maximum absolute atomic E-state index is 14.2. The third-order valence-electron chi connectivity index (χ3n) is 7.84. The molecule has 3 aliphatic rings. The number of hydrogen-bond acceptors (Lipinski definition) is 5. The van der Waals surface area contributed by atoms with Gasteiger partial charge in [-0.25, -0.2) is 0 Å². The molecule has 1 N–H and O–H groups in total. The summed E-state index contributed by atoms with van der Waals surface area (Å²) in [5.41, 5.74) is 2.19. The molecule has 1 aliphatic carbocycles. The lowest BCUT2D eigenvalue weighted by molar-refractivity contribution is -0.138. The van der Waals surface area contributed by atoms with Gasteiger partial charge in [-0.3, -0.25) is 4.79 Å². The van der Waals surface area contributed by atoms with Crippen LogP contribution in [0, 0.1) is 0 Å². The zero-order chi connectivity index (χ0) is 27.9. The molecule has 210 valence electrons. The number of fused-ring (bicyclic) bond motifs is 2. The van der Waals surface area contributed by atoms with Crippen molar-refractivity contribution >= 4 is 5.97 Å². The Morgan fingerprint density at radius 3 is 2.38 bits per heavy atom.